The predicted octanol–water partition coefficient (Wildman–Crippen LogP) is 3.22. The summed E-state index contributed by atoms with van der Waals surface area (Å²) in [6.45, 7) is 3.50. The van der Waals surface area contributed by atoms with E-state index in [-0.39, 0.29) is 42.8 Å². The highest BCUT2D eigenvalue weighted by molar-refractivity contribution is 7.87. The number of carbonyl (C=O) groups excluding carboxylic acids is 1. The van der Waals surface area contributed by atoms with Gasteiger partial charge in [0.2, 0.25) is 0 Å². The van der Waals surface area contributed by atoms with Gasteiger partial charge in [-0.05, 0) is 25.7 Å². The van der Waals surface area contributed by atoms with Gasteiger partial charge in [-0.1, -0.05) is 6.08 Å². The number of hydrogen-bond acceptors (Lipinski definition) is 4. The fourth-order valence-electron chi connectivity index (χ4n) is 1.84. The summed E-state index contributed by atoms with van der Waals surface area (Å²) in [5.41, 5.74) is -5.45. The minimum atomic E-state index is -5.71. The van der Waals surface area contributed by atoms with Crippen LogP contribution in [0.4, 0.5) is 13.2 Å². The number of ketones is 1. The van der Waals surface area contributed by atoms with Crippen LogP contribution in [0.15, 0.2) is 24.0 Å². The fourth-order valence-corrected chi connectivity index (χ4v) is 2.38. The molecule has 0 spiro atoms. The largest absolute Gasteiger partial charge is 0.534 e. The van der Waals surface area contributed by atoms with E-state index in [1.807, 2.05) is 0 Å². The third-order valence-electron chi connectivity index (χ3n) is 2.81. The van der Waals surface area contributed by atoms with E-state index in [4.69, 9.17) is 0 Å². The van der Waals surface area contributed by atoms with Crippen LogP contribution < -0.4 is 0 Å². The van der Waals surface area contributed by atoms with Crippen molar-refractivity contribution in [3.63, 3.8) is 0 Å². The lowest BCUT2D eigenvalue weighted by Crippen LogP contribution is -2.27. The van der Waals surface area contributed by atoms with Crippen molar-refractivity contribution < 1.29 is 30.6 Å². The van der Waals surface area contributed by atoms with E-state index in [1.54, 1.807) is 6.08 Å². The molecule has 0 atom stereocenters. The van der Waals surface area contributed by atoms with Crippen molar-refractivity contribution in [3.8, 4) is 0 Å². The van der Waals surface area contributed by atoms with Crippen molar-refractivity contribution in [1.29, 1.82) is 0 Å². The second-order valence-electron chi connectivity index (χ2n) is 4.34. The Morgan fingerprint density at radius 2 is 1.95 bits per heavy atom. The number of unbranched alkanes of at least 4 members (excludes halogenated alkanes) is 1. The first-order chi connectivity index (χ1) is 9.19. The molecular weight excluding hydrogens is 297 g/mol. The first-order valence-electron chi connectivity index (χ1n) is 6.06. The third kappa shape index (κ3) is 4.09. The molecule has 0 aliphatic heterocycles. The molecule has 0 aromatic heterocycles. The Bertz CT molecular complexity index is 517. The van der Waals surface area contributed by atoms with E-state index >= 15 is 0 Å². The lowest BCUT2D eigenvalue weighted by Gasteiger charge is -2.20. The maximum atomic E-state index is 12.3. The average molecular weight is 312 g/mol. The fraction of sp³-hybridized carbons (Fsp3) is 0.583. The van der Waals surface area contributed by atoms with Gasteiger partial charge in [-0.15, -0.1) is 6.58 Å². The van der Waals surface area contributed by atoms with Crippen LogP contribution in [0, 0.1) is 0 Å². The number of hydrogen-bond donors (Lipinski definition) is 0. The van der Waals surface area contributed by atoms with Gasteiger partial charge in [-0.3, -0.25) is 4.79 Å². The van der Waals surface area contributed by atoms with Gasteiger partial charge in [0, 0.05) is 18.4 Å². The smallest absolute Gasteiger partial charge is 0.380 e. The molecule has 0 bridgehead atoms. The number of Topliss-reactive ketones (excluding diaryl/α,β-unsaturated/α-hetero) is 1. The van der Waals surface area contributed by atoms with Crippen molar-refractivity contribution in [3.05, 3.63) is 24.0 Å². The predicted molar refractivity (Wildman–Crippen MR) is 66.0 cm³/mol. The van der Waals surface area contributed by atoms with Crippen molar-refractivity contribution in [2.24, 2.45) is 0 Å². The first-order valence-corrected chi connectivity index (χ1v) is 7.46. The maximum Gasteiger partial charge on any atom is 0.534 e. The quantitative estimate of drug-likeness (QED) is 0.327. The summed E-state index contributed by atoms with van der Waals surface area (Å²) in [6.07, 6.45) is 3.38. The highest BCUT2D eigenvalue weighted by Crippen LogP contribution is 2.32. The molecule has 0 aromatic rings. The maximum absolute atomic E-state index is 12.3. The summed E-state index contributed by atoms with van der Waals surface area (Å²) >= 11 is 0. The number of alkyl halides is 3. The normalized spacial score (nSPS) is 17.2. The minimum Gasteiger partial charge on any atom is -0.380 e. The van der Waals surface area contributed by atoms with Gasteiger partial charge in [-0.25, -0.2) is 0 Å². The van der Waals surface area contributed by atoms with Gasteiger partial charge < -0.3 is 4.18 Å². The van der Waals surface area contributed by atoms with Crippen molar-refractivity contribution >= 4 is 15.9 Å². The Balaban J connectivity index is 2.99. The Kier molecular flexibility index (Phi) is 5.38. The zero-order valence-electron chi connectivity index (χ0n) is 10.7. The molecular formula is C12H15F3O4S. The standard InChI is InChI=1S/C12H15F3O4S/c1-2-3-4-6-9-10(16)7-5-8-11(9)19-20(17,18)12(13,14)15/h2H,1,3-8H2. The SMILES string of the molecule is C=CCCCC1=C(OS(=O)(=O)C(F)(F)F)CCCC1=O. The number of allylic oxidation sites excluding steroid dienone is 3. The lowest BCUT2D eigenvalue weighted by molar-refractivity contribution is -0.116. The van der Waals surface area contributed by atoms with Crippen LogP contribution in [0.25, 0.3) is 0 Å². The molecule has 0 saturated carbocycles. The van der Waals surface area contributed by atoms with E-state index < -0.39 is 15.6 Å². The Morgan fingerprint density at radius 3 is 2.50 bits per heavy atom. The van der Waals surface area contributed by atoms with Crippen molar-refractivity contribution in [2.75, 3.05) is 0 Å². The highest BCUT2D eigenvalue weighted by atomic mass is 32.2. The summed E-state index contributed by atoms with van der Waals surface area (Å²) in [7, 11) is -5.71. The minimum absolute atomic E-state index is 0.0183. The number of rotatable bonds is 6. The van der Waals surface area contributed by atoms with Crippen LogP contribution in [0.3, 0.4) is 0 Å². The molecule has 1 aliphatic carbocycles. The topological polar surface area (TPSA) is 60.4 Å². The molecule has 0 heterocycles. The van der Waals surface area contributed by atoms with E-state index in [0.717, 1.165) is 0 Å². The lowest BCUT2D eigenvalue weighted by atomic mass is 9.92. The molecule has 0 radical (unpaired) electrons. The molecule has 0 fully saturated rings. The number of halogens is 3. The second kappa shape index (κ2) is 6.43. The molecule has 0 unspecified atom stereocenters. The van der Waals surface area contributed by atoms with Crippen LogP contribution in [-0.4, -0.2) is 19.7 Å². The first kappa shape index (κ1) is 16.7. The third-order valence-corrected chi connectivity index (χ3v) is 3.80. The second-order valence-corrected chi connectivity index (χ2v) is 5.88. The molecule has 0 aromatic carbocycles. The Labute approximate surface area is 115 Å². The van der Waals surface area contributed by atoms with Crippen LogP contribution in [0.1, 0.15) is 38.5 Å². The molecule has 0 N–H and O–H groups in total. The number of carbonyl (C=O) groups is 1. The van der Waals surface area contributed by atoms with Gasteiger partial charge in [0.25, 0.3) is 0 Å². The zero-order valence-corrected chi connectivity index (χ0v) is 11.5. The van der Waals surface area contributed by atoms with Gasteiger partial charge in [0.1, 0.15) is 5.76 Å². The molecule has 8 heteroatoms. The van der Waals surface area contributed by atoms with Crippen LogP contribution in [-0.2, 0) is 19.1 Å². The van der Waals surface area contributed by atoms with Gasteiger partial charge in [0.05, 0.1) is 0 Å². The molecule has 0 amide bonds. The monoisotopic (exact) mass is 312 g/mol. The molecule has 1 aliphatic rings. The summed E-state index contributed by atoms with van der Waals surface area (Å²) in [4.78, 5) is 11.7. The van der Waals surface area contributed by atoms with Gasteiger partial charge in [-0.2, -0.15) is 21.6 Å². The summed E-state index contributed by atoms with van der Waals surface area (Å²) in [6, 6.07) is 0. The average Bonchev–Trinajstić information content (AvgIpc) is 2.31. The van der Waals surface area contributed by atoms with Crippen molar-refractivity contribution in [2.45, 2.75) is 44.0 Å². The van der Waals surface area contributed by atoms with E-state index in [9.17, 15) is 26.4 Å². The Hall–Kier alpha value is -1.31. The van der Waals surface area contributed by atoms with E-state index in [0.29, 0.717) is 12.8 Å². The molecule has 20 heavy (non-hydrogen) atoms. The van der Waals surface area contributed by atoms with Gasteiger partial charge >= 0.3 is 15.6 Å². The van der Waals surface area contributed by atoms with E-state index in [2.05, 4.69) is 10.8 Å². The van der Waals surface area contributed by atoms with Crippen molar-refractivity contribution in [1.82, 2.24) is 0 Å². The van der Waals surface area contributed by atoms with Crippen LogP contribution in [0.2, 0.25) is 0 Å². The van der Waals surface area contributed by atoms with E-state index in [1.165, 1.54) is 0 Å². The summed E-state index contributed by atoms with van der Waals surface area (Å²) in [5, 5.41) is 0. The zero-order chi connectivity index (χ0) is 15.4. The van der Waals surface area contributed by atoms with Gasteiger partial charge in [0.15, 0.2) is 5.78 Å². The van der Waals surface area contributed by atoms with Crippen LogP contribution >= 0.6 is 0 Å². The summed E-state index contributed by atoms with van der Waals surface area (Å²) < 4.78 is 63.0. The molecule has 1 rings (SSSR count). The summed E-state index contributed by atoms with van der Waals surface area (Å²) in [5.74, 6) is -0.727. The highest BCUT2D eigenvalue weighted by Gasteiger charge is 2.49. The Morgan fingerprint density at radius 1 is 1.30 bits per heavy atom. The molecule has 114 valence electrons. The molecule has 0 saturated heterocycles. The molecule has 4 nitrogen and oxygen atoms in total. The van der Waals surface area contributed by atoms with Crippen LogP contribution in [0.5, 0.6) is 0 Å².